The van der Waals surface area contributed by atoms with Crippen LogP contribution in [0, 0.1) is 0 Å². The van der Waals surface area contributed by atoms with Gasteiger partial charge in [-0.25, -0.2) is 0 Å². The van der Waals surface area contributed by atoms with Gasteiger partial charge in [-0.1, -0.05) is 49.2 Å². The van der Waals surface area contributed by atoms with Gasteiger partial charge in [0.05, 0.1) is 13.7 Å². The third-order valence-corrected chi connectivity index (χ3v) is 4.84. The summed E-state index contributed by atoms with van der Waals surface area (Å²) in [5.41, 5.74) is 8.50. The predicted octanol–water partition coefficient (Wildman–Crippen LogP) is 4.55. The van der Waals surface area contributed by atoms with Crippen molar-refractivity contribution in [3.8, 4) is 5.75 Å². The quantitative estimate of drug-likeness (QED) is 0.399. The summed E-state index contributed by atoms with van der Waals surface area (Å²) in [6.07, 6.45) is 4.86. The highest BCUT2D eigenvalue weighted by Crippen LogP contribution is 2.41. The Labute approximate surface area is 166 Å². The van der Waals surface area contributed by atoms with Crippen LogP contribution in [-0.4, -0.2) is 19.6 Å². The smallest absolute Gasteiger partial charge is 0.193 e. The summed E-state index contributed by atoms with van der Waals surface area (Å²) in [6, 6.07) is 18.4. The maximum atomic E-state index is 6.11. The van der Waals surface area contributed by atoms with E-state index in [1.54, 1.807) is 7.11 Å². The minimum absolute atomic E-state index is 0. The van der Waals surface area contributed by atoms with Gasteiger partial charge in [-0.2, -0.15) is 0 Å². The minimum atomic E-state index is 0. The fourth-order valence-corrected chi connectivity index (χ4v) is 3.51. The zero-order valence-corrected chi connectivity index (χ0v) is 16.9. The van der Waals surface area contributed by atoms with E-state index in [2.05, 4.69) is 40.6 Å². The molecule has 25 heavy (non-hydrogen) atoms. The third-order valence-electron chi connectivity index (χ3n) is 4.84. The van der Waals surface area contributed by atoms with Gasteiger partial charge in [0.2, 0.25) is 0 Å². The predicted molar refractivity (Wildman–Crippen MR) is 115 cm³/mol. The van der Waals surface area contributed by atoms with Crippen molar-refractivity contribution < 1.29 is 4.74 Å². The van der Waals surface area contributed by atoms with Gasteiger partial charge in [-0.15, -0.1) is 24.0 Å². The first-order valence-electron chi connectivity index (χ1n) is 8.48. The number of aliphatic imine (C=N–C) groups is 1. The van der Waals surface area contributed by atoms with Crippen LogP contribution in [0.15, 0.2) is 59.6 Å². The largest absolute Gasteiger partial charge is 0.497 e. The number of methoxy groups -OCH3 is 1. The number of anilines is 1. The Morgan fingerprint density at radius 3 is 2.52 bits per heavy atom. The molecule has 0 atom stereocenters. The number of nitrogens with two attached hydrogens (primary N) is 1. The number of hydrogen-bond acceptors (Lipinski definition) is 2. The van der Waals surface area contributed by atoms with Crippen LogP contribution in [0.1, 0.15) is 31.2 Å². The van der Waals surface area contributed by atoms with Crippen molar-refractivity contribution in [1.29, 1.82) is 0 Å². The van der Waals surface area contributed by atoms with E-state index in [1.807, 2.05) is 24.3 Å². The topological polar surface area (TPSA) is 59.6 Å². The molecule has 134 valence electrons. The first kappa shape index (κ1) is 19.6. The Bertz CT molecular complexity index is 697. The zero-order chi connectivity index (χ0) is 16.8. The normalized spacial score (nSPS) is 16.1. The molecule has 2 aromatic carbocycles. The maximum absolute atomic E-state index is 6.11. The van der Waals surface area contributed by atoms with E-state index < -0.39 is 0 Å². The lowest BCUT2D eigenvalue weighted by Crippen LogP contribution is -2.30. The third kappa shape index (κ3) is 4.87. The molecule has 3 rings (SSSR count). The summed E-state index contributed by atoms with van der Waals surface area (Å²) < 4.78 is 5.23. The van der Waals surface area contributed by atoms with Crippen molar-refractivity contribution in [3.05, 3.63) is 60.2 Å². The Hall–Kier alpha value is -1.76. The summed E-state index contributed by atoms with van der Waals surface area (Å²) in [6.45, 7) is 0.722. The summed E-state index contributed by atoms with van der Waals surface area (Å²) in [7, 11) is 1.65. The molecule has 0 saturated heterocycles. The van der Waals surface area contributed by atoms with Gasteiger partial charge in [-0.05, 0) is 30.5 Å². The Morgan fingerprint density at radius 1 is 1.12 bits per heavy atom. The van der Waals surface area contributed by atoms with Gasteiger partial charge in [0.1, 0.15) is 5.75 Å². The van der Waals surface area contributed by atoms with Crippen LogP contribution in [0.5, 0.6) is 5.75 Å². The molecule has 2 aromatic rings. The van der Waals surface area contributed by atoms with E-state index in [1.165, 1.54) is 31.2 Å². The van der Waals surface area contributed by atoms with Crippen LogP contribution in [-0.2, 0) is 5.41 Å². The van der Waals surface area contributed by atoms with Crippen molar-refractivity contribution in [2.45, 2.75) is 31.1 Å². The molecule has 1 fully saturated rings. The maximum Gasteiger partial charge on any atom is 0.193 e. The van der Waals surface area contributed by atoms with Gasteiger partial charge in [0.25, 0.3) is 0 Å². The molecule has 1 aliphatic rings. The van der Waals surface area contributed by atoms with E-state index >= 15 is 0 Å². The van der Waals surface area contributed by atoms with Crippen LogP contribution >= 0.6 is 24.0 Å². The van der Waals surface area contributed by atoms with Crippen molar-refractivity contribution in [2.75, 3.05) is 19.0 Å². The molecule has 3 N–H and O–H groups in total. The molecule has 1 saturated carbocycles. The van der Waals surface area contributed by atoms with Crippen LogP contribution in [0.2, 0.25) is 0 Å². The molecule has 0 heterocycles. The SMILES string of the molecule is COc1cccc(NC(N)=NCC2(c3ccccc3)CCCC2)c1.I. The Morgan fingerprint density at radius 2 is 1.84 bits per heavy atom. The number of halogens is 1. The molecular weight excluding hydrogens is 425 g/mol. The summed E-state index contributed by atoms with van der Waals surface area (Å²) in [4.78, 5) is 4.65. The average Bonchev–Trinajstić information content (AvgIpc) is 3.11. The van der Waals surface area contributed by atoms with Crippen molar-refractivity contribution >= 4 is 35.6 Å². The number of rotatable bonds is 5. The van der Waals surface area contributed by atoms with Gasteiger partial charge >= 0.3 is 0 Å². The molecule has 0 aromatic heterocycles. The molecule has 5 heteroatoms. The molecular formula is C20H26IN3O. The lowest BCUT2D eigenvalue weighted by molar-refractivity contribution is 0.415. The monoisotopic (exact) mass is 451 g/mol. The molecule has 1 aliphatic carbocycles. The Balaban J connectivity index is 0.00000225. The lowest BCUT2D eigenvalue weighted by atomic mass is 9.79. The minimum Gasteiger partial charge on any atom is -0.497 e. The number of ether oxygens (including phenoxy) is 1. The molecule has 0 spiro atoms. The van der Waals surface area contributed by atoms with Gasteiger partial charge in [0, 0.05) is 17.2 Å². The standard InChI is InChI=1S/C20H25N3O.HI/c1-24-18-11-7-10-17(14-18)23-19(21)22-15-20(12-5-6-13-20)16-8-3-2-4-9-16;/h2-4,7-11,14H,5-6,12-13,15H2,1H3,(H3,21,22,23);1H. The van der Waals surface area contributed by atoms with Crippen molar-refractivity contribution in [1.82, 2.24) is 0 Å². The molecule has 0 amide bonds. The molecule has 0 aliphatic heterocycles. The van der Waals surface area contributed by atoms with Crippen molar-refractivity contribution in [2.24, 2.45) is 10.7 Å². The highest BCUT2D eigenvalue weighted by atomic mass is 127. The molecule has 0 unspecified atom stereocenters. The van der Waals surface area contributed by atoms with E-state index in [4.69, 9.17) is 10.5 Å². The van der Waals surface area contributed by atoms with Gasteiger partial charge in [0.15, 0.2) is 5.96 Å². The fourth-order valence-electron chi connectivity index (χ4n) is 3.51. The van der Waals surface area contributed by atoms with E-state index in [-0.39, 0.29) is 29.4 Å². The summed E-state index contributed by atoms with van der Waals surface area (Å²) >= 11 is 0. The van der Waals surface area contributed by atoms with Crippen LogP contribution in [0.25, 0.3) is 0 Å². The second-order valence-electron chi connectivity index (χ2n) is 6.41. The number of guanidine groups is 1. The average molecular weight is 451 g/mol. The molecule has 0 radical (unpaired) electrons. The molecule has 0 bridgehead atoms. The van der Waals surface area contributed by atoms with E-state index in [0.29, 0.717) is 5.96 Å². The van der Waals surface area contributed by atoms with Crippen LogP contribution in [0.4, 0.5) is 5.69 Å². The zero-order valence-electron chi connectivity index (χ0n) is 14.6. The number of benzene rings is 2. The van der Waals surface area contributed by atoms with E-state index in [9.17, 15) is 0 Å². The van der Waals surface area contributed by atoms with Crippen molar-refractivity contribution in [3.63, 3.8) is 0 Å². The number of hydrogen-bond donors (Lipinski definition) is 2. The van der Waals surface area contributed by atoms with Gasteiger partial charge < -0.3 is 15.8 Å². The number of nitrogens with zero attached hydrogens (tertiary/aromatic N) is 1. The number of nitrogens with one attached hydrogen (secondary N) is 1. The first-order valence-corrected chi connectivity index (χ1v) is 8.48. The Kier molecular flexibility index (Phi) is 7.11. The highest BCUT2D eigenvalue weighted by Gasteiger charge is 2.35. The summed E-state index contributed by atoms with van der Waals surface area (Å²) in [5, 5.41) is 3.16. The lowest BCUT2D eigenvalue weighted by Gasteiger charge is -2.28. The fraction of sp³-hybridized carbons (Fsp3) is 0.350. The second kappa shape index (κ2) is 9.08. The van der Waals surface area contributed by atoms with Gasteiger partial charge in [-0.3, -0.25) is 4.99 Å². The summed E-state index contributed by atoms with van der Waals surface area (Å²) in [5.74, 6) is 1.25. The highest BCUT2D eigenvalue weighted by molar-refractivity contribution is 14.0. The van der Waals surface area contributed by atoms with Crippen LogP contribution in [0.3, 0.4) is 0 Å². The van der Waals surface area contributed by atoms with E-state index in [0.717, 1.165) is 18.0 Å². The first-order chi connectivity index (χ1) is 11.7. The van der Waals surface area contributed by atoms with Crippen LogP contribution < -0.4 is 15.8 Å². The second-order valence-corrected chi connectivity index (χ2v) is 6.41. The molecule has 4 nitrogen and oxygen atoms in total.